The Bertz CT molecular complexity index is 571. The molecule has 16 heavy (non-hydrogen) atoms. The minimum atomic E-state index is 0.178. The van der Waals surface area contributed by atoms with Gasteiger partial charge < -0.3 is 4.57 Å². The summed E-state index contributed by atoms with van der Waals surface area (Å²) in [6.07, 6.45) is 3.16. The minimum Gasteiger partial charge on any atom is -0.314 e. The molecule has 0 spiro atoms. The van der Waals surface area contributed by atoms with Gasteiger partial charge >= 0.3 is 0 Å². The SMILES string of the molecule is O=C1CCc2c(Cl)cccc2-n2cccc21. The Kier molecular flexibility index (Phi) is 2.11. The van der Waals surface area contributed by atoms with Crippen molar-refractivity contribution in [2.24, 2.45) is 0 Å². The van der Waals surface area contributed by atoms with Crippen LogP contribution >= 0.6 is 11.6 Å². The highest BCUT2D eigenvalue weighted by Crippen LogP contribution is 2.29. The van der Waals surface area contributed by atoms with Crippen LogP contribution in [0.1, 0.15) is 22.5 Å². The fourth-order valence-electron chi connectivity index (χ4n) is 2.21. The summed E-state index contributed by atoms with van der Waals surface area (Å²) in [5, 5.41) is 0.742. The third kappa shape index (κ3) is 1.30. The first-order valence-electron chi connectivity index (χ1n) is 5.25. The zero-order chi connectivity index (χ0) is 11.1. The van der Waals surface area contributed by atoms with Gasteiger partial charge in [-0.2, -0.15) is 0 Å². The average Bonchev–Trinajstić information content (AvgIpc) is 2.71. The van der Waals surface area contributed by atoms with E-state index in [2.05, 4.69) is 0 Å². The number of nitrogens with zero attached hydrogens (tertiary/aromatic N) is 1. The average molecular weight is 232 g/mol. The zero-order valence-corrected chi connectivity index (χ0v) is 9.37. The van der Waals surface area contributed by atoms with Crippen LogP contribution in [0.4, 0.5) is 0 Å². The maximum absolute atomic E-state index is 11.9. The summed E-state index contributed by atoms with van der Waals surface area (Å²) >= 11 is 6.17. The molecule has 0 saturated carbocycles. The number of carbonyl (C=O) groups is 1. The number of fused-ring (bicyclic) bond motifs is 3. The third-order valence-electron chi connectivity index (χ3n) is 2.99. The number of hydrogen-bond acceptors (Lipinski definition) is 1. The molecule has 3 heteroatoms. The van der Waals surface area contributed by atoms with E-state index < -0.39 is 0 Å². The van der Waals surface area contributed by atoms with Crippen molar-refractivity contribution >= 4 is 17.4 Å². The molecule has 2 aromatic rings. The van der Waals surface area contributed by atoms with Crippen molar-refractivity contribution in [3.05, 3.63) is 52.8 Å². The molecule has 1 aromatic carbocycles. The Hall–Kier alpha value is -1.54. The van der Waals surface area contributed by atoms with Crippen LogP contribution in [0, 0.1) is 0 Å². The van der Waals surface area contributed by atoms with Crippen LogP contribution in [0.15, 0.2) is 36.5 Å². The lowest BCUT2D eigenvalue weighted by Crippen LogP contribution is -2.03. The normalized spacial score (nSPS) is 14.2. The molecule has 0 aliphatic carbocycles. The predicted octanol–water partition coefficient (Wildman–Crippen LogP) is 3.26. The summed E-state index contributed by atoms with van der Waals surface area (Å²) in [6.45, 7) is 0. The molecule has 1 aliphatic heterocycles. The second-order valence-corrected chi connectivity index (χ2v) is 4.33. The molecule has 0 radical (unpaired) electrons. The van der Waals surface area contributed by atoms with Crippen LogP contribution in [-0.2, 0) is 6.42 Å². The highest BCUT2D eigenvalue weighted by atomic mass is 35.5. The first kappa shape index (κ1) is 9.67. The molecule has 0 bridgehead atoms. The first-order valence-corrected chi connectivity index (χ1v) is 5.63. The van der Waals surface area contributed by atoms with E-state index in [1.165, 1.54) is 0 Å². The van der Waals surface area contributed by atoms with Crippen LogP contribution in [0.5, 0.6) is 0 Å². The highest BCUT2D eigenvalue weighted by molar-refractivity contribution is 6.31. The highest BCUT2D eigenvalue weighted by Gasteiger charge is 2.20. The summed E-state index contributed by atoms with van der Waals surface area (Å²) < 4.78 is 1.93. The van der Waals surface area contributed by atoms with Gasteiger partial charge in [-0.25, -0.2) is 0 Å². The van der Waals surface area contributed by atoms with Gasteiger partial charge in [0.05, 0.1) is 11.4 Å². The molecule has 80 valence electrons. The molecule has 1 aromatic heterocycles. The molecule has 0 amide bonds. The van der Waals surface area contributed by atoms with Crippen molar-refractivity contribution in [2.75, 3.05) is 0 Å². The summed E-state index contributed by atoms with van der Waals surface area (Å²) in [5.74, 6) is 0.178. The van der Waals surface area contributed by atoms with Crippen LogP contribution in [0.3, 0.4) is 0 Å². The molecule has 0 saturated heterocycles. The maximum atomic E-state index is 11.9. The number of Topliss-reactive ketones (excluding diaryl/α,β-unsaturated/α-hetero) is 1. The van der Waals surface area contributed by atoms with E-state index in [9.17, 15) is 4.79 Å². The van der Waals surface area contributed by atoms with Crippen LogP contribution in [0.2, 0.25) is 5.02 Å². The van der Waals surface area contributed by atoms with E-state index in [0.717, 1.165) is 28.4 Å². The number of hydrogen-bond donors (Lipinski definition) is 0. The van der Waals surface area contributed by atoms with Gasteiger partial charge in [-0.15, -0.1) is 0 Å². The number of halogens is 1. The number of carbonyl (C=O) groups excluding carboxylic acids is 1. The smallest absolute Gasteiger partial charge is 0.179 e. The van der Waals surface area contributed by atoms with E-state index in [1.54, 1.807) is 0 Å². The van der Waals surface area contributed by atoms with Crippen molar-refractivity contribution in [3.63, 3.8) is 0 Å². The molecule has 2 nitrogen and oxygen atoms in total. The van der Waals surface area contributed by atoms with Gasteiger partial charge in [0.25, 0.3) is 0 Å². The molecule has 1 aliphatic rings. The van der Waals surface area contributed by atoms with Gasteiger partial charge in [-0.1, -0.05) is 17.7 Å². The van der Waals surface area contributed by atoms with Gasteiger partial charge in [0.2, 0.25) is 0 Å². The topological polar surface area (TPSA) is 22.0 Å². The van der Waals surface area contributed by atoms with Crippen LogP contribution in [0.25, 0.3) is 5.69 Å². The third-order valence-corrected chi connectivity index (χ3v) is 3.34. The first-order chi connectivity index (χ1) is 7.77. The van der Waals surface area contributed by atoms with Gasteiger partial charge in [0.1, 0.15) is 0 Å². The summed E-state index contributed by atoms with van der Waals surface area (Å²) in [6, 6.07) is 9.55. The fourth-order valence-corrected chi connectivity index (χ4v) is 2.47. The van der Waals surface area contributed by atoms with Crippen molar-refractivity contribution in [3.8, 4) is 5.69 Å². The van der Waals surface area contributed by atoms with Gasteiger partial charge in [-0.05, 0) is 36.2 Å². The Morgan fingerprint density at radius 3 is 2.88 bits per heavy atom. The van der Waals surface area contributed by atoms with Crippen LogP contribution in [-0.4, -0.2) is 10.4 Å². The Morgan fingerprint density at radius 2 is 2.00 bits per heavy atom. The number of benzene rings is 1. The second-order valence-electron chi connectivity index (χ2n) is 3.92. The molecular formula is C13H10ClNO. The Balaban J connectivity index is 2.33. The molecule has 0 atom stereocenters. The van der Waals surface area contributed by atoms with E-state index in [1.807, 2.05) is 41.1 Å². The molecule has 0 fully saturated rings. The van der Waals surface area contributed by atoms with Crippen molar-refractivity contribution in [2.45, 2.75) is 12.8 Å². The lowest BCUT2D eigenvalue weighted by Gasteiger charge is -2.10. The monoisotopic (exact) mass is 231 g/mol. The van der Waals surface area contributed by atoms with E-state index >= 15 is 0 Å². The summed E-state index contributed by atoms with van der Waals surface area (Å²) in [7, 11) is 0. The van der Waals surface area contributed by atoms with E-state index in [0.29, 0.717) is 6.42 Å². The van der Waals surface area contributed by atoms with Crippen LogP contribution < -0.4 is 0 Å². The number of aromatic nitrogens is 1. The standard InChI is InChI=1S/C13H10ClNO/c14-10-3-1-4-11-9(10)6-7-13(16)12-5-2-8-15(11)12/h1-5,8H,6-7H2. The van der Waals surface area contributed by atoms with E-state index in [-0.39, 0.29) is 5.78 Å². The largest absolute Gasteiger partial charge is 0.314 e. The van der Waals surface area contributed by atoms with Gasteiger partial charge in [0.15, 0.2) is 5.78 Å². The second kappa shape index (κ2) is 3.49. The Morgan fingerprint density at radius 1 is 1.12 bits per heavy atom. The molecular weight excluding hydrogens is 222 g/mol. The summed E-state index contributed by atoms with van der Waals surface area (Å²) in [4.78, 5) is 11.9. The zero-order valence-electron chi connectivity index (χ0n) is 8.61. The predicted molar refractivity (Wildman–Crippen MR) is 63.4 cm³/mol. The number of rotatable bonds is 0. The molecule has 3 rings (SSSR count). The van der Waals surface area contributed by atoms with Gasteiger partial charge in [-0.3, -0.25) is 4.79 Å². The van der Waals surface area contributed by atoms with Gasteiger partial charge in [0, 0.05) is 17.6 Å². The maximum Gasteiger partial charge on any atom is 0.179 e. The Labute approximate surface area is 98.5 Å². The van der Waals surface area contributed by atoms with Crippen molar-refractivity contribution < 1.29 is 4.79 Å². The van der Waals surface area contributed by atoms with Crippen molar-refractivity contribution in [1.82, 2.24) is 4.57 Å². The molecule has 0 N–H and O–H groups in total. The lowest BCUT2D eigenvalue weighted by molar-refractivity contribution is 0.0978. The molecule has 0 unspecified atom stereocenters. The number of ketones is 1. The van der Waals surface area contributed by atoms with E-state index in [4.69, 9.17) is 11.6 Å². The minimum absolute atomic E-state index is 0.178. The lowest BCUT2D eigenvalue weighted by atomic mass is 10.1. The summed E-state index contributed by atoms with van der Waals surface area (Å²) in [5.41, 5.74) is 2.84. The quantitative estimate of drug-likeness (QED) is 0.682. The van der Waals surface area contributed by atoms with Crippen molar-refractivity contribution in [1.29, 1.82) is 0 Å². The molecule has 2 heterocycles. The fraction of sp³-hybridized carbons (Fsp3) is 0.154.